The van der Waals surface area contributed by atoms with Crippen LogP contribution in [0, 0.1) is 0 Å². The quantitative estimate of drug-likeness (QED) is 0.159. The molecule has 3 heteroatoms. The van der Waals surface area contributed by atoms with Crippen molar-refractivity contribution in [3.05, 3.63) is 224 Å². The number of hydrogen-bond acceptors (Lipinski definition) is 1. The van der Waals surface area contributed by atoms with E-state index in [9.17, 15) is 0 Å². The first kappa shape index (κ1) is 32.8. The van der Waals surface area contributed by atoms with Crippen molar-refractivity contribution < 1.29 is 0 Å². The predicted molar refractivity (Wildman–Crippen MR) is 241 cm³/mol. The Morgan fingerprint density at radius 3 is 1.40 bits per heavy atom. The normalized spacial score (nSPS) is 11.5. The van der Waals surface area contributed by atoms with Crippen LogP contribution in [0.4, 0.5) is 17.1 Å². The van der Waals surface area contributed by atoms with Gasteiger partial charge >= 0.3 is 0 Å². The monoisotopic (exact) mass is 727 g/mol. The zero-order chi connectivity index (χ0) is 37.7. The van der Waals surface area contributed by atoms with E-state index in [1.807, 2.05) is 0 Å². The van der Waals surface area contributed by atoms with Crippen LogP contribution in [-0.2, 0) is 0 Å². The van der Waals surface area contributed by atoms with E-state index in [1.54, 1.807) is 0 Å². The fraction of sp³-hybridized carbons (Fsp3) is 0. The largest absolute Gasteiger partial charge is 0.309 e. The van der Waals surface area contributed by atoms with Crippen molar-refractivity contribution in [1.29, 1.82) is 0 Å². The summed E-state index contributed by atoms with van der Waals surface area (Å²) in [4.78, 5) is 2.45. The molecule has 0 radical (unpaired) electrons. The molecule has 0 saturated carbocycles. The van der Waals surface area contributed by atoms with E-state index in [0.29, 0.717) is 0 Å². The minimum atomic E-state index is 1.09. The Bertz CT molecular complexity index is 3160. The zero-order valence-corrected chi connectivity index (χ0v) is 31.2. The zero-order valence-electron chi connectivity index (χ0n) is 31.2. The van der Waals surface area contributed by atoms with Gasteiger partial charge in [-0.2, -0.15) is 0 Å². The molecule has 11 rings (SSSR count). The number of hydrogen-bond donors (Lipinski definition) is 0. The van der Waals surface area contributed by atoms with Crippen LogP contribution in [0.1, 0.15) is 0 Å². The van der Waals surface area contributed by atoms with Crippen molar-refractivity contribution in [3.63, 3.8) is 0 Å². The molecule has 0 aliphatic heterocycles. The predicted octanol–water partition coefficient (Wildman–Crippen LogP) is 14.7. The summed E-state index contributed by atoms with van der Waals surface area (Å²) in [5, 5.41) is 4.97. The van der Waals surface area contributed by atoms with Gasteiger partial charge < -0.3 is 14.0 Å². The number of para-hydroxylation sites is 5. The van der Waals surface area contributed by atoms with Gasteiger partial charge in [0.05, 0.1) is 33.4 Å². The SMILES string of the molecule is c1ccc(-c2ccccc2N(c2ccc(-c3ccc(-n4c5ccccc5c5ccccc54)cc3)cc2)c2cccc3c2c2ccccc2n3-c2ccccc2)cc1. The second-order valence-electron chi connectivity index (χ2n) is 14.5. The third kappa shape index (κ3) is 5.43. The summed E-state index contributed by atoms with van der Waals surface area (Å²) >= 11 is 0. The highest BCUT2D eigenvalue weighted by molar-refractivity contribution is 6.17. The maximum absolute atomic E-state index is 2.45. The van der Waals surface area contributed by atoms with E-state index < -0.39 is 0 Å². The molecule has 57 heavy (non-hydrogen) atoms. The van der Waals surface area contributed by atoms with Gasteiger partial charge in [-0.25, -0.2) is 0 Å². The third-order valence-electron chi connectivity index (χ3n) is 11.3. The van der Waals surface area contributed by atoms with Gasteiger partial charge in [0.25, 0.3) is 0 Å². The Hall–Kier alpha value is -7.62. The molecule has 2 aromatic heterocycles. The van der Waals surface area contributed by atoms with Crippen molar-refractivity contribution in [2.75, 3.05) is 4.90 Å². The molecule has 0 bridgehead atoms. The summed E-state index contributed by atoms with van der Waals surface area (Å²) in [7, 11) is 0. The lowest BCUT2D eigenvalue weighted by molar-refractivity contribution is 1.18. The Labute approximate surface area is 331 Å². The molecule has 0 unspecified atom stereocenters. The lowest BCUT2D eigenvalue weighted by atomic mass is 10.00. The van der Waals surface area contributed by atoms with Gasteiger partial charge in [-0.15, -0.1) is 0 Å². The maximum Gasteiger partial charge on any atom is 0.0562 e. The number of nitrogens with zero attached hydrogens (tertiary/aromatic N) is 3. The van der Waals surface area contributed by atoms with Gasteiger partial charge in [-0.05, 0) is 89.5 Å². The van der Waals surface area contributed by atoms with Crippen molar-refractivity contribution in [1.82, 2.24) is 9.13 Å². The van der Waals surface area contributed by atoms with Crippen LogP contribution in [-0.4, -0.2) is 9.13 Å². The fourth-order valence-corrected chi connectivity index (χ4v) is 8.79. The summed E-state index contributed by atoms with van der Waals surface area (Å²) in [5.74, 6) is 0. The average molecular weight is 728 g/mol. The summed E-state index contributed by atoms with van der Waals surface area (Å²) in [6.45, 7) is 0. The molecule has 0 aliphatic carbocycles. The fourth-order valence-electron chi connectivity index (χ4n) is 8.79. The molecule has 0 saturated heterocycles. The molecule has 0 amide bonds. The number of anilines is 3. The first-order valence-electron chi connectivity index (χ1n) is 19.5. The van der Waals surface area contributed by atoms with Gasteiger partial charge in [-0.3, -0.25) is 0 Å². The van der Waals surface area contributed by atoms with E-state index in [-0.39, 0.29) is 0 Å². The summed E-state index contributed by atoms with van der Waals surface area (Å²) in [6.07, 6.45) is 0. The number of rotatable bonds is 7. The van der Waals surface area contributed by atoms with Gasteiger partial charge in [-0.1, -0.05) is 152 Å². The van der Waals surface area contributed by atoms with E-state index in [2.05, 4.69) is 238 Å². The first-order valence-corrected chi connectivity index (χ1v) is 19.5. The topological polar surface area (TPSA) is 13.1 Å². The van der Waals surface area contributed by atoms with Gasteiger partial charge in [0.1, 0.15) is 0 Å². The molecule has 0 spiro atoms. The van der Waals surface area contributed by atoms with E-state index in [4.69, 9.17) is 0 Å². The van der Waals surface area contributed by atoms with Crippen molar-refractivity contribution in [2.24, 2.45) is 0 Å². The lowest BCUT2D eigenvalue weighted by Crippen LogP contribution is -2.11. The van der Waals surface area contributed by atoms with Crippen LogP contribution < -0.4 is 4.90 Å². The standard InChI is InChI=1S/C54H37N3/c1-3-16-40(17-4-1)44-20-7-11-24-48(44)57(53-29-15-28-52-54(53)47-23-10-14-27-51(47)56(52)41-18-5-2-6-19-41)43-36-32-39(33-37-43)38-30-34-42(35-31-38)55-49-25-12-8-21-45(49)46-22-9-13-26-50(46)55/h1-37H. The average Bonchev–Trinajstić information content (AvgIpc) is 3.81. The molecule has 0 N–H and O–H groups in total. The number of benzene rings is 9. The van der Waals surface area contributed by atoms with Crippen molar-refractivity contribution in [2.45, 2.75) is 0 Å². The molecular weight excluding hydrogens is 691 g/mol. The summed E-state index contributed by atoms with van der Waals surface area (Å²) in [6, 6.07) is 81.0. The molecule has 9 aromatic carbocycles. The molecule has 0 atom stereocenters. The minimum Gasteiger partial charge on any atom is -0.309 e. The van der Waals surface area contributed by atoms with Crippen LogP contribution in [0.2, 0.25) is 0 Å². The van der Waals surface area contributed by atoms with Crippen LogP contribution in [0.3, 0.4) is 0 Å². The Morgan fingerprint density at radius 2 is 0.737 bits per heavy atom. The Morgan fingerprint density at radius 1 is 0.281 bits per heavy atom. The van der Waals surface area contributed by atoms with Crippen LogP contribution in [0.15, 0.2) is 224 Å². The lowest BCUT2D eigenvalue weighted by Gasteiger charge is -2.29. The van der Waals surface area contributed by atoms with Crippen molar-refractivity contribution >= 4 is 60.7 Å². The highest BCUT2D eigenvalue weighted by atomic mass is 15.2. The van der Waals surface area contributed by atoms with Crippen molar-refractivity contribution in [3.8, 4) is 33.6 Å². The molecule has 3 nitrogen and oxygen atoms in total. The molecule has 0 aliphatic rings. The first-order chi connectivity index (χ1) is 28.3. The minimum absolute atomic E-state index is 1.09. The van der Waals surface area contributed by atoms with E-state index in [1.165, 1.54) is 65.9 Å². The van der Waals surface area contributed by atoms with Crippen LogP contribution >= 0.6 is 0 Å². The Balaban J connectivity index is 1.06. The van der Waals surface area contributed by atoms with E-state index in [0.717, 1.165) is 28.4 Å². The third-order valence-corrected chi connectivity index (χ3v) is 11.3. The molecule has 11 aromatic rings. The molecule has 268 valence electrons. The second kappa shape index (κ2) is 13.6. The molecule has 0 fully saturated rings. The second-order valence-corrected chi connectivity index (χ2v) is 14.5. The number of fused-ring (bicyclic) bond motifs is 6. The summed E-state index contributed by atoms with van der Waals surface area (Å²) in [5.41, 5.74) is 15.1. The van der Waals surface area contributed by atoms with Crippen LogP contribution in [0.25, 0.3) is 77.2 Å². The van der Waals surface area contributed by atoms with Crippen LogP contribution in [0.5, 0.6) is 0 Å². The highest BCUT2D eigenvalue weighted by Gasteiger charge is 2.23. The summed E-state index contributed by atoms with van der Waals surface area (Å²) < 4.78 is 4.76. The van der Waals surface area contributed by atoms with Gasteiger partial charge in [0, 0.05) is 44.2 Å². The maximum atomic E-state index is 2.45. The highest BCUT2D eigenvalue weighted by Crippen LogP contribution is 2.46. The van der Waals surface area contributed by atoms with Gasteiger partial charge in [0.15, 0.2) is 0 Å². The van der Waals surface area contributed by atoms with Gasteiger partial charge in [0.2, 0.25) is 0 Å². The Kier molecular flexibility index (Phi) is 7.82. The molecular formula is C54H37N3. The number of aromatic nitrogens is 2. The van der Waals surface area contributed by atoms with E-state index >= 15 is 0 Å². The molecule has 2 heterocycles. The smallest absolute Gasteiger partial charge is 0.0562 e.